The first-order valence-corrected chi connectivity index (χ1v) is 7.61. The smallest absolute Gasteiger partial charge is 0.124 e. The van der Waals surface area contributed by atoms with E-state index in [9.17, 15) is 0 Å². The van der Waals surface area contributed by atoms with Gasteiger partial charge < -0.3 is 10.1 Å². The molecule has 1 N–H and O–H groups in total. The Kier molecular flexibility index (Phi) is 5.12. The maximum absolute atomic E-state index is 6.24. The van der Waals surface area contributed by atoms with Crippen molar-refractivity contribution in [3.05, 3.63) is 28.8 Å². The third kappa shape index (κ3) is 3.87. The molecular formula is C16H24ClNO. The first-order valence-electron chi connectivity index (χ1n) is 7.23. The van der Waals surface area contributed by atoms with Crippen molar-refractivity contribution in [2.24, 2.45) is 5.92 Å². The Hall–Kier alpha value is -0.730. The predicted molar refractivity (Wildman–Crippen MR) is 81.0 cm³/mol. The maximum atomic E-state index is 6.24. The molecule has 0 spiro atoms. The molecule has 1 aromatic carbocycles. The van der Waals surface area contributed by atoms with Crippen LogP contribution in [0.25, 0.3) is 0 Å². The Morgan fingerprint density at radius 2 is 2.16 bits per heavy atom. The fourth-order valence-electron chi connectivity index (χ4n) is 2.79. The molecule has 0 aromatic heterocycles. The summed E-state index contributed by atoms with van der Waals surface area (Å²) in [5.74, 6) is 1.75. The molecule has 0 bridgehead atoms. The quantitative estimate of drug-likeness (QED) is 0.872. The average molecular weight is 282 g/mol. The van der Waals surface area contributed by atoms with Gasteiger partial charge in [0.05, 0.1) is 6.10 Å². The summed E-state index contributed by atoms with van der Waals surface area (Å²) in [4.78, 5) is 0. The Morgan fingerprint density at radius 1 is 1.37 bits per heavy atom. The standard InChI is InChI=1S/C16H24ClNO/c1-11-5-4-6-14(9-11)19-16-8-7-13(17)10-15(16)12(2)18-3/h7-8,10-12,14,18H,4-6,9H2,1-3H3. The van der Waals surface area contributed by atoms with E-state index in [4.69, 9.17) is 16.3 Å². The number of halogens is 1. The Labute approximate surface area is 121 Å². The van der Waals surface area contributed by atoms with E-state index in [1.807, 2.05) is 25.2 Å². The van der Waals surface area contributed by atoms with Crippen molar-refractivity contribution in [1.82, 2.24) is 5.32 Å². The molecule has 0 heterocycles. The van der Waals surface area contributed by atoms with Crippen LogP contribution in [0.5, 0.6) is 5.75 Å². The van der Waals surface area contributed by atoms with Gasteiger partial charge in [0, 0.05) is 16.6 Å². The van der Waals surface area contributed by atoms with Gasteiger partial charge in [-0.15, -0.1) is 0 Å². The van der Waals surface area contributed by atoms with Crippen LogP contribution in [0.15, 0.2) is 18.2 Å². The van der Waals surface area contributed by atoms with Gasteiger partial charge in [0.25, 0.3) is 0 Å². The fourth-order valence-corrected chi connectivity index (χ4v) is 2.97. The summed E-state index contributed by atoms with van der Waals surface area (Å²) in [5, 5.41) is 4.02. The molecule has 0 aliphatic heterocycles. The molecule has 0 radical (unpaired) electrons. The van der Waals surface area contributed by atoms with Crippen LogP contribution >= 0.6 is 11.6 Å². The summed E-state index contributed by atoms with van der Waals surface area (Å²) < 4.78 is 6.24. The molecule has 19 heavy (non-hydrogen) atoms. The molecule has 0 amide bonds. The summed E-state index contributed by atoms with van der Waals surface area (Å²) in [5.41, 5.74) is 1.15. The van der Waals surface area contributed by atoms with E-state index in [0.717, 1.165) is 28.7 Å². The summed E-state index contributed by atoms with van der Waals surface area (Å²) in [6.07, 6.45) is 5.29. The second-order valence-electron chi connectivity index (χ2n) is 5.70. The van der Waals surface area contributed by atoms with E-state index >= 15 is 0 Å². The molecular weight excluding hydrogens is 258 g/mol. The molecule has 1 aliphatic carbocycles. The Bertz CT molecular complexity index is 421. The monoisotopic (exact) mass is 281 g/mol. The summed E-state index contributed by atoms with van der Waals surface area (Å²) >= 11 is 6.10. The van der Waals surface area contributed by atoms with E-state index in [2.05, 4.69) is 19.2 Å². The number of benzene rings is 1. The molecule has 3 atom stereocenters. The lowest BCUT2D eigenvalue weighted by molar-refractivity contribution is 0.127. The van der Waals surface area contributed by atoms with Gasteiger partial charge in [0.2, 0.25) is 0 Å². The molecule has 0 saturated heterocycles. The number of nitrogens with one attached hydrogen (secondary N) is 1. The van der Waals surface area contributed by atoms with Crippen molar-refractivity contribution < 1.29 is 4.74 Å². The largest absolute Gasteiger partial charge is 0.490 e. The van der Waals surface area contributed by atoms with Crippen LogP contribution in [0.1, 0.15) is 51.1 Å². The van der Waals surface area contributed by atoms with Crippen LogP contribution in [0.3, 0.4) is 0 Å². The molecule has 106 valence electrons. The fraction of sp³-hybridized carbons (Fsp3) is 0.625. The lowest BCUT2D eigenvalue weighted by atomic mass is 9.88. The minimum absolute atomic E-state index is 0.245. The summed E-state index contributed by atoms with van der Waals surface area (Å²) in [6.45, 7) is 4.44. The SMILES string of the molecule is CNC(C)c1cc(Cl)ccc1OC1CCCC(C)C1. The van der Waals surface area contributed by atoms with Gasteiger partial charge in [0.1, 0.15) is 5.75 Å². The molecule has 3 unspecified atom stereocenters. The molecule has 1 saturated carbocycles. The van der Waals surface area contributed by atoms with E-state index in [1.54, 1.807) is 0 Å². The summed E-state index contributed by atoms with van der Waals surface area (Å²) in [7, 11) is 1.96. The molecule has 2 nitrogen and oxygen atoms in total. The third-order valence-corrected chi connectivity index (χ3v) is 4.29. The average Bonchev–Trinajstić information content (AvgIpc) is 2.40. The predicted octanol–water partition coefficient (Wildman–Crippen LogP) is 4.58. The van der Waals surface area contributed by atoms with Crippen molar-refractivity contribution in [3.8, 4) is 5.75 Å². The van der Waals surface area contributed by atoms with Crippen LogP contribution in [-0.2, 0) is 0 Å². The van der Waals surface area contributed by atoms with Crippen molar-refractivity contribution in [2.45, 2.75) is 51.7 Å². The zero-order chi connectivity index (χ0) is 13.8. The van der Waals surface area contributed by atoms with Crippen molar-refractivity contribution in [3.63, 3.8) is 0 Å². The highest BCUT2D eigenvalue weighted by atomic mass is 35.5. The number of hydrogen-bond donors (Lipinski definition) is 1. The van der Waals surface area contributed by atoms with Crippen LogP contribution in [0, 0.1) is 5.92 Å². The zero-order valence-electron chi connectivity index (χ0n) is 12.1. The van der Waals surface area contributed by atoms with Crippen molar-refractivity contribution in [1.29, 1.82) is 0 Å². The van der Waals surface area contributed by atoms with Gasteiger partial charge >= 0.3 is 0 Å². The Balaban J connectivity index is 2.14. The zero-order valence-corrected chi connectivity index (χ0v) is 12.8. The van der Waals surface area contributed by atoms with Crippen LogP contribution in [-0.4, -0.2) is 13.2 Å². The number of hydrogen-bond acceptors (Lipinski definition) is 2. The first kappa shape index (κ1) is 14.7. The first-order chi connectivity index (χ1) is 9.10. The molecule has 2 rings (SSSR count). The van der Waals surface area contributed by atoms with Gasteiger partial charge in [0.15, 0.2) is 0 Å². The highest BCUT2D eigenvalue weighted by molar-refractivity contribution is 6.30. The van der Waals surface area contributed by atoms with Gasteiger partial charge in [-0.1, -0.05) is 24.9 Å². The Morgan fingerprint density at radius 3 is 2.84 bits per heavy atom. The minimum atomic E-state index is 0.245. The third-order valence-electron chi connectivity index (χ3n) is 4.05. The van der Waals surface area contributed by atoms with E-state index < -0.39 is 0 Å². The lowest BCUT2D eigenvalue weighted by Crippen LogP contribution is -2.25. The molecule has 1 aliphatic rings. The number of rotatable bonds is 4. The highest BCUT2D eigenvalue weighted by Crippen LogP contribution is 2.32. The van der Waals surface area contributed by atoms with Crippen molar-refractivity contribution in [2.75, 3.05) is 7.05 Å². The highest BCUT2D eigenvalue weighted by Gasteiger charge is 2.22. The molecule has 1 aromatic rings. The van der Waals surface area contributed by atoms with Gasteiger partial charge in [-0.25, -0.2) is 0 Å². The second-order valence-corrected chi connectivity index (χ2v) is 6.14. The second kappa shape index (κ2) is 6.62. The topological polar surface area (TPSA) is 21.3 Å². The van der Waals surface area contributed by atoms with Gasteiger partial charge in [-0.3, -0.25) is 0 Å². The van der Waals surface area contributed by atoms with Gasteiger partial charge in [-0.05, 0) is 57.4 Å². The number of ether oxygens (including phenoxy) is 1. The normalized spacial score (nSPS) is 25.1. The lowest BCUT2D eigenvalue weighted by Gasteiger charge is -2.29. The molecule has 3 heteroatoms. The maximum Gasteiger partial charge on any atom is 0.124 e. The minimum Gasteiger partial charge on any atom is -0.490 e. The van der Waals surface area contributed by atoms with Crippen molar-refractivity contribution >= 4 is 11.6 Å². The van der Waals surface area contributed by atoms with Crippen LogP contribution in [0.2, 0.25) is 5.02 Å². The van der Waals surface area contributed by atoms with E-state index in [1.165, 1.54) is 19.3 Å². The van der Waals surface area contributed by atoms with Crippen LogP contribution < -0.4 is 10.1 Å². The molecule has 1 fully saturated rings. The van der Waals surface area contributed by atoms with E-state index in [0.29, 0.717) is 6.10 Å². The van der Waals surface area contributed by atoms with E-state index in [-0.39, 0.29) is 6.04 Å². The summed E-state index contributed by atoms with van der Waals surface area (Å²) in [6, 6.07) is 6.17. The van der Waals surface area contributed by atoms with Gasteiger partial charge in [-0.2, -0.15) is 0 Å². The van der Waals surface area contributed by atoms with Crippen LogP contribution in [0.4, 0.5) is 0 Å².